The summed E-state index contributed by atoms with van der Waals surface area (Å²) in [5.41, 5.74) is 4.31. The van der Waals surface area contributed by atoms with Crippen LogP contribution in [0.2, 0.25) is 0 Å². The zero-order chi connectivity index (χ0) is 29.7. The van der Waals surface area contributed by atoms with Crippen molar-refractivity contribution in [3.63, 3.8) is 0 Å². The molecule has 0 bridgehead atoms. The Bertz CT molecular complexity index is 1340. The Morgan fingerprint density at radius 2 is 0.953 bits per heavy atom. The Labute approximate surface area is 255 Å². The van der Waals surface area contributed by atoms with Gasteiger partial charge in [-0.3, -0.25) is 4.90 Å². The quantitative estimate of drug-likeness (QED) is 0.156. The molecule has 1 aliphatic heterocycles. The summed E-state index contributed by atoms with van der Waals surface area (Å²) in [5.74, 6) is 0. The van der Waals surface area contributed by atoms with Gasteiger partial charge in [-0.2, -0.15) is 0 Å². The third kappa shape index (κ3) is 8.69. The minimum atomic E-state index is -0.420. The number of benzene rings is 4. The van der Waals surface area contributed by atoms with Crippen LogP contribution in [0.25, 0.3) is 0 Å². The van der Waals surface area contributed by atoms with Gasteiger partial charge in [0.25, 0.3) is 0 Å². The van der Waals surface area contributed by atoms with Crippen LogP contribution in [0.1, 0.15) is 29.2 Å². The number of likely N-dealkylation sites (tertiary alicyclic amines) is 1. The first-order valence-electron chi connectivity index (χ1n) is 15.0. The average molecular weight is 580 g/mol. The molecule has 0 N–H and O–H groups in total. The van der Waals surface area contributed by atoms with Crippen LogP contribution in [0.4, 0.5) is 0 Å². The summed E-state index contributed by atoms with van der Waals surface area (Å²) >= 11 is 0. The molecule has 1 heterocycles. The second kappa shape index (κ2) is 16.3. The maximum atomic E-state index is 12.0. The van der Waals surface area contributed by atoms with Gasteiger partial charge < -0.3 is 23.7 Å². The highest BCUT2D eigenvalue weighted by atomic mass is 16.6. The van der Waals surface area contributed by atoms with E-state index in [-0.39, 0.29) is 24.7 Å². The number of hydrogen-bond donors (Lipinski definition) is 0. The molecule has 1 fully saturated rings. The van der Waals surface area contributed by atoms with Crippen molar-refractivity contribution in [1.82, 2.24) is 4.90 Å². The molecule has 4 aromatic carbocycles. The van der Waals surface area contributed by atoms with Crippen molar-refractivity contribution in [3.8, 4) is 0 Å². The van der Waals surface area contributed by atoms with E-state index in [1.807, 2.05) is 72.8 Å². The fraction of sp³-hybridized carbons (Fsp3) is 0.324. The normalized spacial score (nSPS) is 22.3. The molecule has 4 aromatic rings. The van der Waals surface area contributed by atoms with E-state index in [4.69, 9.17) is 18.9 Å². The van der Waals surface area contributed by atoms with Gasteiger partial charge in [-0.15, -0.1) is 0 Å². The number of rotatable bonds is 15. The van der Waals surface area contributed by atoms with E-state index in [2.05, 4.69) is 60.4 Å². The molecule has 5 atom stereocenters. The number of aldehydes is 1. The van der Waals surface area contributed by atoms with Gasteiger partial charge in [-0.05, 0) is 29.2 Å². The lowest BCUT2D eigenvalue weighted by atomic mass is 9.88. The Hall–Kier alpha value is -3.65. The molecule has 6 nitrogen and oxygen atoms in total. The van der Waals surface area contributed by atoms with Crippen LogP contribution in [-0.2, 0) is 50.2 Å². The molecule has 0 aromatic heterocycles. The third-order valence-corrected chi connectivity index (χ3v) is 7.99. The van der Waals surface area contributed by atoms with Crippen LogP contribution < -0.4 is 0 Å². The van der Waals surface area contributed by atoms with Crippen LogP contribution in [0.3, 0.4) is 0 Å². The van der Waals surface area contributed by atoms with Crippen molar-refractivity contribution in [3.05, 3.63) is 144 Å². The molecule has 1 saturated heterocycles. The summed E-state index contributed by atoms with van der Waals surface area (Å²) < 4.78 is 26.5. The second-order valence-corrected chi connectivity index (χ2v) is 11.0. The van der Waals surface area contributed by atoms with Gasteiger partial charge >= 0.3 is 0 Å². The number of nitrogens with zero attached hydrogens (tertiary/aromatic N) is 1. The average Bonchev–Trinajstić information content (AvgIpc) is 3.06. The van der Waals surface area contributed by atoms with Crippen LogP contribution in [0.5, 0.6) is 0 Å². The smallest absolute Gasteiger partial charge is 0.134 e. The standard InChI is InChI=1S/C37H41NO5/c1-29-35(41-25-31-16-8-3-9-17-31)37(43-27-33-20-12-5-13-21-33)36(42-26-32-18-10-4-11-19-32)34(38(29)22-23-39)28-40-24-30-14-6-2-7-15-30/h2-21,23,29,34-37H,22,24-28H2,1H3/t29-,34+,35+,36+,37+/m0/s1. The predicted molar refractivity (Wildman–Crippen MR) is 167 cm³/mol. The van der Waals surface area contributed by atoms with Crippen molar-refractivity contribution in [2.45, 2.75) is 63.7 Å². The maximum Gasteiger partial charge on any atom is 0.134 e. The molecule has 0 saturated carbocycles. The van der Waals surface area contributed by atoms with E-state index in [1.54, 1.807) is 0 Å². The van der Waals surface area contributed by atoms with Crippen LogP contribution >= 0.6 is 0 Å². The SMILES string of the molecule is C[C@H]1[C@@H](OCc2ccccc2)[C@@H](OCc2ccccc2)[C@H](OCc2ccccc2)[C@@H](COCc2ccccc2)N1CC=O. The fourth-order valence-corrected chi connectivity index (χ4v) is 5.74. The predicted octanol–water partition coefficient (Wildman–Crippen LogP) is 6.23. The lowest BCUT2D eigenvalue weighted by Crippen LogP contribution is -2.68. The number of carbonyl (C=O) groups is 1. The topological polar surface area (TPSA) is 57.2 Å². The van der Waals surface area contributed by atoms with Gasteiger partial charge in [-0.1, -0.05) is 121 Å². The summed E-state index contributed by atoms with van der Waals surface area (Å²) in [7, 11) is 0. The lowest BCUT2D eigenvalue weighted by molar-refractivity contribution is -0.225. The van der Waals surface area contributed by atoms with E-state index in [9.17, 15) is 4.79 Å². The summed E-state index contributed by atoms with van der Waals surface area (Å²) in [6.07, 6.45) is -0.226. The fourth-order valence-electron chi connectivity index (χ4n) is 5.74. The highest BCUT2D eigenvalue weighted by Gasteiger charge is 2.49. The third-order valence-electron chi connectivity index (χ3n) is 7.99. The molecule has 0 aliphatic carbocycles. The highest BCUT2D eigenvalue weighted by Crippen LogP contribution is 2.32. The zero-order valence-corrected chi connectivity index (χ0v) is 24.7. The Morgan fingerprint density at radius 1 is 0.558 bits per heavy atom. The molecule has 43 heavy (non-hydrogen) atoms. The zero-order valence-electron chi connectivity index (χ0n) is 24.7. The monoisotopic (exact) mass is 579 g/mol. The minimum Gasteiger partial charge on any atom is -0.375 e. The van der Waals surface area contributed by atoms with E-state index in [0.29, 0.717) is 33.0 Å². The van der Waals surface area contributed by atoms with Gasteiger partial charge in [0.05, 0.1) is 45.6 Å². The van der Waals surface area contributed by atoms with Gasteiger partial charge in [0.1, 0.15) is 24.6 Å². The Kier molecular flexibility index (Phi) is 11.6. The van der Waals surface area contributed by atoms with Crippen LogP contribution in [-0.4, -0.2) is 54.7 Å². The van der Waals surface area contributed by atoms with Crippen molar-refractivity contribution in [1.29, 1.82) is 0 Å². The van der Waals surface area contributed by atoms with E-state index < -0.39 is 12.2 Å². The van der Waals surface area contributed by atoms with Crippen LogP contribution in [0.15, 0.2) is 121 Å². The van der Waals surface area contributed by atoms with E-state index in [1.165, 1.54) is 0 Å². The number of ether oxygens (including phenoxy) is 4. The summed E-state index contributed by atoms with van der Waals surface area (Å²) in [6.45, 7) is 4.44. The van der Waals surface area contributed by atoms with Crippen molar-refractivity contribution >= 4 is 6.29 Å². The summed E-state index contributed by atoms with van der Waals surface area (Å²) in [4.78, 5) is 14.2. The molecule has 224 valence electrons. The Morgan fingerprint density at radius 3 is 1.40 bits per heavy atom. The van der Waals surface area contributed by atoms with Crippen molar-refractivity contribution in [2.24, 2.45) is 0 Å². The number of hydrogen-bond acceptors (Lipinski definition) is 6. The summed E-state index contributed by atoms with van der Waals surface area (Å²) in [6, 6.07) is 40.2. The molecule has 0 unspecified atom stereocenters. The number of piperidine rings is 1. The molecule has 5 rings (SSSR count). The van der Waals surface area contributed by atoms with E-state index in [0.717, 1.165) is 28.5 Å². The second-order valence-electron chi connectivity index (χ2n) is 11.0. The van der Waals surface area contributed by atoms with E-state index >= 15 is 0 Å². The lowest BCUT2D eigenvalue weighted by Gasteiger charge is -2.51. The molecular weight excluding hydrogens is 538 g/mol. The first-order valence-corrected chi connectivity index (χ1v) is 15.0. The van der Waals surface area contributed by atoms with Gasteiger partial charge in [0.2, 0.25) is 0 Å². The molecule has 6 heteroatoms. The van der Waals surface area contributed by atoms with Gasteiger partial charge in [-0.25, -0.2) is 0 Å². The Balaban J connectivity index is 1.44. The van der Waals surface area contributed by atoms with Crippen molar-refractivity contribution < 1.29 is 23.7 Å². The van der Waals surface area contributed by atoms with Crippen LogP contribution in [0, 0.1) is 0 Å². The molecular formula is C37H41NO5. The highest BCUT2D eigenvalue weighted by molar-refractivity contribution is 5.52. The first-order chi connectivity index (χ1) is 21.2. The molecule has 0 spiro atoms. The molecule has 0 amide bonds. The summed E-state index contributed by atoms with van der Waals surface area (Å²) in [5, 5.41) is 0. The van der Waals surface area contributed by atoms with Gasteiger partial charge in [0.15, 0.2) is 0 Å². The largest absolute Gasteiger partial charge is 0.375 e. The molecule has 1 aliphatic rings. The maximum absolute atomic E-state index is 12.0. The first kappa shape index (κ1) is 30.8. The number of carbonyl (C=O) groups excluding carboxylic acids is 1. The minimum absolute atomic E-state index is 0.128. The van der Waals surface area contributed by atoms with Gasteiger partial charge in [0, 0.05) is 6.04 Å². The molecule has 0 radical (unpaired) electrons. The van der Waals surface area contributed by atoms with Crippen molar-refractivity contribution in [2.75, 3.05) is 13.2 Å².